The molecule has 150 valence electrons. The number of ether oxygens (including phenoxy) is 2. The van der Waals surface area contributed by atoms with E-state index in [0.717, 1.165) is 0 Å². The van der Waals surface area contributed by atoms with Crippen molar-refractivity contribution in [3.63, 3.8) is 0 Å². The predicted octanol–water partition coefficient (Wildman–Crippen LogP) is 1.23. The number of hydrogen-bond donors (Lipinski definition) is 1. The summed E-state index contributed by atoms with van der Waals surface area (Å²) in [6, 6.07) is 8.06. The van der Waals surface area contributed by atoms with Gasteiger partial charge in [0.25, 0.3) is 5.91 Å². The smallest absolute Gasteiger partial charge is 0.349 e. The molecule has 0 saturated carbocycles. The summed E-state index contributed by atoms with van der Waals surface area (Å²) in [6.45, 7) is 3.75. The third-order valence-corrected chi connectivity index (χ3v) is 5.84. The summed E-state index contributed by atoms with van der Waals surface area (Å²) in [4.78, 5) is 24.3. The number of nitrogens with one attached hydrogen (secondary N) is 1. The van der Waals surface area contributed by atoms with Crippen LogP contribution in [-0.4, -0.2) is 50.6 Å². The van der Waals surface area contributed by atoms with E-state index in [-0.39, 0.29) is 17.1 Å². The molecule has 1 N–H and O–H groups in total. The summed E-state index contributed by atoms with van der Waals surface area (Å²) < 4.78 is 33.3. The zero-order valence-electron chi connectivity index (χ0n) is 15.7. The number of carbonyl (C=O) groups is 2. The Morgan fingerprint density at radius 3 is 2.57 bits per heavy atom. The van der Waals surface area contributed by atoms with Gasteiger partial charge in [-0.2, -0.15) is 5.26 Å². The Morgan fingerprint density at radius 1 is 1.36 bits per heavy atom. The van der Waals surface area contributed by atoms with Crippen LogP contribution < -0.4 is 10.1 Å². The maximum atomic E-state index is 12.2. The number of rotatable bonds is 7. The molecule has 0 aromatic heterocycles. The van der Waals surface area contributed by atoms with Gasteiger partial charge in [0, 0.05) is 6.04 Å². The third-order valence-electron chi connectivity index (χ3n) is 4.07. The summed E-state index contributed by atoms with van der Waals surface area (Å²) in [5.41, 5.74) is 0.345. The third kappa shape index (κ3) is 6.09. The molecule has 1 aromatic carbocycles. The normalized spacial score (nSPS) is 19.3. The summed E-state index contributed by atoms with van der Waals surface area (Å²) in [7, 11) is -3.13. The first-order valence-corrected chi connectivity index (χ1v) is 10.6. The molecule has 8 nitrogen and oxygen atoms in total. The molecule has 0 bridgehead atoms. The summed E-state index contributed by atoms with van der Waals surface area (Å²) in [5.74, 6) is -0.970. The maximum Gasteiger partial charge on any atom is 0.349 e. The highest BCUT2D eigenvalue weighted by atomic mass is 32.2. The topological polar surface area (TPSA) is 123 Å². The Labute approximate surface area is 164 Å². The van der Waals surface area contributed by atoms with E-state index >= 15 is 0 Å². The maximum absolute atomic E-state index is 12.2. The lowest BCUT2D eigenvalue weighted by Gasteiger charge is -2.16. The second kappa shape index (κ2) is 9.37. The molecular weight excluding hydrogens is 384 g/mol. The molecule has 28 heavy (non-hydrogen) atoms. The number of hydrogen-bond acceptors (Lipinski definition) is 7. The van der Waals surface area contributed by atoms with Crippen molar-refractivity contribution in [2.24, 2.45) is 0 Å². The standard InChI is InChI=1S/C19H22N2O6S/c1-3-26-17-6-4-14(5-7-17)10-15(11-20)19(23)27-13(2)18(22)21-16-8-9-28(24,25)12-16/h4-7,10,13,16H,3,8-9,12H2,1-2H3,(H,21,22)/b15-10+/t13-,16-/m0/s1. The van der Waals surface area contributed by atoms with E-state index in [0.29, 0.717) is 24.3 Å². The van der Waals surface area contributed by atoms with Crippen molar-refractivity contribution in [2.75, 3.05) is 18.1 Å². The van der Waals surface area contributed by atoms with Gasteiger partial charge in [0.2, 0.25) is 0 Å². The largest absolute Gasteiger partial charge is 0.494 e. The first kappa shape index (κ1) is 21.4. The van der Waals surface area contributed by atoms with E-state index in [2.05, 4.69) is 5.32 Å². The van der Waals surface area contributed by atoms with Gasteiger partial charge in [-0.1, -0.05) is 12.1 Å². The highest BCUT2D eigenvalue weighted by Gasteiger charge is 2.31. The Hall–Kier alpha value is -2.86. The van der Waals surface area contributed by atoms with Crippen molar-refractivity contribution in [1.29, 1.82) is 5.26 Å². The van der Waals surface area contributed by atoms with Gasteiger partial charge in [0.15, 0.2) is 15.9 Å². The van der Waals surface area contributed by atoms with Crippen LogP contribution in [0.2, 0.25) is 0 Å². The molecule has 2 rings (SSSR count). The molecule has 2 atom stereocenters. The van der Waals surface area contributed by atoms with Crippen LogP contribution in [0.4, 0.5) is 0 Å². The fraction of sp³-hybridized carbons (Fsp3) is 0.421. The van der Waals surface area contributed by atoms with E-state index in [1.807, 2.05) is 6.92 Å². The number of benzene rings is 1. The zero-order chi connectivity index (χ0) is 20.7. The lowest BCUT2D eigenvalue weighted by atomic mass is 10.1. The molecule has 1 aliphatic heterocycles. The predicted molar refractivity (Wildman–Crippen MR) is 102 cm³/mol. The SMILES string of the molecule is CCOc1ccc(/C=C(\C#N)C(=O)O[C@@H](C)C(=O)N[C@H]2CCS(=O)(=O)C2)cc1. The molecule has 0 spiro atoms. The lowest BCUT2D eigenvalue weighted by Crippen LogP contribution is -2.42. The monoisotopic (exact) mass is 406 g/mol. The van der Waals surface area contributed by atoms with Gasteiger partial charge < -0.3 is 14.8 Å². The number of nitriles is 1. The van der Waals surface area contributed by atoms with Gasteiger partial charge in [-0.15, -0.1) is 0 Å². The van der Waals surface area contributed by atoms with Crippen molar-refractivity contribution < 1.29 is 27.5 Å². The van der Waals surface area contributed by atoms with Gasteiger partial charge >= 0.3 is 5.97 Å². The second-order valence-electron chi connectivity index (χ2n) is 6.33. The minimum Gasteiger partial charge on any atom is -0.494 e. The average molecular weight is 406 g/mol. The highest BCUT2D eigenvalue weighted by Crippen LogP contribution is 2.16. The van der Waals surface area contributed by atoms with Gasteiger partial charge in [0.1, 0.15) is 17.4 Å². The van der Waals surface area contributed by atoms with Crippen molar-refractivity contribution in [2.45, 2.75) is 32.4 Å². The Balaban J connectivity index is 1.96. The van der Waals surface area contributed by atoms with Crippen LogP contribution in [0, 0.1) is 11.3 Å². The Kier molecular flexibility index (Phi) is 7.18. The number of sulfone groups is 1. The van der Waals surface area contributed by atoms with Crippen LogP contribution in [0.3, 0.4) is 0 Å². The van der Waals surface area contributed by atoms with E-state index in [1.54, 1.807) is 30.3 Å². The van der Waals surface area contributed by atoms with Crippen LogP contribution in [0.1, 0.15) is 25.8 Å². The molecule has 1 heterocycles. The van der Waals surface area contributed by atoms with E-state index in [1.165, 1.54) is 13.0 Å². The van der Waals surface area contributed by atoms with Crippen molar-refractivity contribution in [1.82, 2.24) is 5.32 Å². The van der Waals surface area contributed by atoms with E-state index in [9.17, 15) is 23.3 Å². The van der Waals surface area contributed by atoms with Gasteiger partial charge in [-0.3, -0.25) is 4.79 Å². The van der Waals surface area contributed by atoms with Gasteiger partial charge in [-0.25, -0.2) is 13.2 Å². The molecule has 1 aromatic rings. The van der Waals surface area contributed by atoms with Crippen molar-refractivity contribution >= 4 is 27.8 Å². The van der Waals surface area contributed by atoms with Crippen LogP contribution >= 0.6 is 0 Å². The molecular formula is C19H22N2O6S. The van der Waals surface area contributed by atoms with Crippen LogP contribution in [-0.2, 0) is 24.2 Å². The van der Waals surface area contributed by atoms with Crippen molar-refractivity contribution in [3.8, 4) is 11.8 Å². The fourth-order valence-electron chi connectivity index (χ4n) is 2.64. The molecule has 1 fully saturated rings. The zero-order valence-corrected chi connectivity index (χ0v) is 16.5. The molecule has 9 heteroatoms. The van der Waals surface area contributed by atoms with Crippen LogP contribution in [0.25, 0.3) is 6.08 Å². The summed E-state index contributed by atoms with van der Waals surface area (Å²) in [5, 5.41) is 11.8. The molecule has 0 aliphatic carbocycles. The second-order valence-corrected chi connectivity index (χ2v) is 8.56. The number of carbonyl (C=O) groups excluding carboxylic acids is 2. The average Bonchev–Trinajstić information content (AvgIpc) is 2.99. The number of nitrogens with zero attached hydrogens (tertiary/aromatic N) is 1. The van der Waals surface area contributed by atoms with Gasteiger partial charge in [-0.05, 0) is 44.0 Å². The van der Waals surface area contributed by atoms with Gasteiger partial charge in [0.05, 0.1) is 18.1 Å². The molecule has 1 saturated heterocycles. The summed E-state index contributed by atoms with van der Waals surface area (Å²) >= 11 is 0. The molecule has 0 unspecified atom stereocenters. The molecule has 1 aliphatic rings. The lowest BCUT2D eigenvalue weighted by molar-refractivity contribution is -0.150. The highest BCUT2D eigenvalue weighted by molar-refractivity contribution is 7.91. The van der Waals surface area contributed by atoms with Crippen molar-refractivity contribution in [3.05, 3.63) is 35.4 Å². The Morgan fingerprint density at radius 2 is 2.04 bits per heavy atom. The quantitative estimate of drug-likeness (QED) is 0.410. The summed E-state index contributed by atoms with van der Waals surface area (Å²) in [6.07, 6.45) is 0.523. The first-order valence-electron chi connectivity index (χ1n) is 8.80. The molecule has 0 radical (unpaired) electrons. The van der Waals surface area contributed by atoms with E-state index < -0.39 is 33.9 Å². The van der Waals surface area contributed by atoms with Crippen LogP contribution in [0.15, 0.2) is 29.8 Å². The Bertz CT molecular complexity index is 899. The number of amides is 1. The molecule has 1 amide bonds. The van der Waals surface area contributed by atoms with Crippen LogP contribution in [0.5, 0.6) is 5.75 Å². The minimum absolute atomic E-state index is 0.0233. The minimum atomic E-state index is -3.13. The first-order chi connectivity index (χ1) is 13.2. The fourth-order valence-corrected chi connectivity index (χ4v) is 4.31. The van der Waals surface area contributed by atoms with E-state index in [4.69, 9.17) is 9.47 Å². The number of esters is 1.